The van der Waals surface area contributed by atoms with Crippen LogP contribution in [0.5, 0.6) is 0 Å². The number of thiocarbonyl (C=S) groups is 1. The van der Waals surface area contributed by atoms with Crippen molar-refractivity contribution >= 4 is 40.0 Å². The van der Waals surface area contributed by atoms with E-state index in [2.05, 4.69) is 39.9 Å². The van der Waals surface area contributed by atoms with Gasteiger partial charge in [-0.2, -0.15) is 4.80 Å². The number of benzene rings is 3. The largest absolute Gasteiger partial charge is 0.332 e. The quantitative estimate of drug-likeness (QED) is 0.433. The number of carbonyl (C=O) groups is 1. The number of hydrogen-bond donors (Lipinski definition) is 2. The standard InChI is InChI=1S/C25H25N5OS/c1-5-18-6-8-20(9-7-18)30-28-22-13-17(4)21(14-23(22)29-30)26-25(32)27-24(31)19-11-15(2)10-16(3)12-19/h6-14H,5H2,1-4H3,(H2,26,27,31,32). The average Bonchev–Trinajstić information content (AvgIpc) is 3.16. The van der Waals surface area contributed by atoms with Crippen molar-refractivity contribution in [3.05, 3.63) is 82.4 Å². The van der Waals surface area contributed by atoms with Crippen LogP contribution in [-0.2, 0) is 6.42 Å². The summed E-state index contributed by atoms with van der Waals surface area (Å²) in [7, 11) is 0. The van der Waals surface area contributed by atoms with E-state index >= 15 is 0 Å². The number of amides is 1. The van der Waals surface area contributed by atoms with Crippen molar-refractivity contribution in [1.29, 1.82) is 0 Å². The zero-order valence-corrected chi connectivity index (χ0v) is 19.4. The van der Waals surface area contributed by atoms with E-state index in [1.54, 1.807) is 4.80 Å². The lowest BCUT2D eigenvalue weighted by atomic mass is 10.1. The molecule has 3 aromatic carbocycles. The average molecular weight is 444 g/mol. The molecule has 0 unspecified atom stereocenters. The Morgan fingerprint density at radius 3 is 2.19 bits per heavy atom. The molecule has 1 heterocycles. The van der Waals surface area contributed by atoms with Gasteiger partial charge in [0.2, 0.25) is 0 Å². The SMILES string of the molecule is CCc1ccc(-n2nc3cc(C)c(NC(=S)NC(=O)c4cc(C)cc(C)c4)cc3n2)cc1. The molecule has 0 atom stereocenters. The molecule has 6 nitrogen and oxygen atoms in total. The van der Waals surface area contributed by atoms with Gasteiger partial charge < -0.3 is 5.32 Å². The molecule has 0 aliphatic rings. The van der Waals surface area contributed by atoms with Crippen LogP contribution in [-0.4, -0.2) is 26.0 Å². The van der Waals surface area contributed by atoms with Gasteiger partial charge >= 0.3 is 0 Å². The zero-order valence-electron chi connectivity index (χ0n) is 18.6. The van der Waals surface area contributed by atoms with Crippen molar-refractivity contribution in [3.8, 4) is 5.69 Å². The van der Waals surface area contributed by atoms with Gasteiger partial charge in [-0.25, -0.2) is 0 Å². The van der Waals surface area contributed by atoms with E-state index in [4.69, 9.17) is 12.2 Å². The van der Waals surface area contributed by atoms with Crippen LogP contribution in [0.2, 0.25) is 0 Å². The number of aromatic nitrogens is 3. The minimum Gasteiger partial charge on any atom is -0.332 e. The summed E-state index contributed by atoms with van der Waals surface area (Å²) in [6.07, 6.45) is 0.989. The summed E-state index contributed by atoms with van der Waals surface area (Å²) in [6.45, 7) is 8.02. The Morgan fingerprint density at radius 2 is 1.56 bits per heavy atom. The fourth-order valence-corrected chi connectivity index (χ4v) is 3.82. The molecule has 2 N–H and O–H groups in total. The molecule has 0 fully saturated rings. The van der Waals surface area contributed by atoms with Crippen LogP contribution in [0.25, 0.3) is 16.7 Å². The molecule has 1 aromatic heterocycles. The number of fused-ring (bicyclic) bond motifs is 1. The van der Waals surface area contributed by atoms with Gasteiger partial charge in [-0.3, -0.25) is 10.1 Å². The van der Waals surface area contributed by atoms with Gasteiger partial charge in [0.05, 0.1) is 5.69 Å². The van der Waals surface area contributed by atoms with Gasteiger partial charge in [0, 0.05) is 11.3 Å². The van der Waals surface area contributed by atoms with Crippen LogP contribution < -0.4 is 10.6 Å². The number of nitrogens with one attached hydrogen (secondary N) is 2. The topological polar surface area (TPSA) is 71.8 Å². The maximum atomic E-state index is 12.6. The molecule has 0 aliphatic carbocycles. The van der Waals surface area contributed by atoms with Crippen molar-refractivity contribution < 1.29 is 4.79 Å². The molecular formula is C25H25N5OS. The Hall–Kier alpha value is -3.58. The van der Waals surface area contributed by atoms with Crippen LogP contribution in [0.1, 0.15) is 39.5 Å². The molecule has 4 rings (SSSR count). The van der Waals surface area contributed by atoms with Gasteiger partial charge in [0.15, 0.2) is 5.11 Å². The monoisotopic (exact) mass is 443 g/mol. The number of anilines is 1. The number of rotatable bonds is 4. The molecule has 7 heteroatoms. The Bertz CT molecular complexity index is 1300. The predicted octanol–water partition coefficient (Wildman–Crippen LogP) is 5.03. The molecule has 32 heavy (non-hydrogen) atoms. The van der Waals surface area contributed by atoms with Gasteiger partial charge in [-0.05, 0) is 86.9 Å². The number of hydrogen-bond acceptors (Lipinski definition) is 4. The Labute approximate surface area is 192 Å². The first-order valence-corrected chi connectivity index (χ1v) is 10.9. The lowest BCUT2D eigenvalue weighted by Gasteiger charge is -2.12. The molecule has 0 saturated heterocycles. The molecule has 162 valence electrons. The van der Waals surface area contributed by atoms with Gasteiger partial charge in [-0.1, -0.05) is 36.2 Å². The maximum Gasteiger partial charge on any atom is 0.257 e. The van der Waals surface area contributed by atoms with E-state index in [9.17, 15) is 4.79 Å². The Kier molecular flexibility index (Phi) is 6.01. The Balaban J connectivity index is 1.52. The Morgan fingerprint density at radius 1 is 0.938 bits per heavy atom. The molecule has 0 radical (unpaired) electrons. The second-order valence-corrected chi connectivity index (χ2v) is 8.36. The fraction of sp³-hybridized carbons (Fsp3) is 0.200. The van der Waals surface area contributed by atoms with Gasteiger partial charge in [0.1, 0.15) is 11.0 Å². The minimum absolute atomic E-state index is 0.235. The smallest absolute Gasteiger partial charge is 0.257 e. The second kappa shape index (κ2) is 8.88. The lowest BCUT2D eigenvalue weighted by Crippen LogP contribution is -2.34. The van der Waals surface area contributed by atoms with Crippen molar-refractivity contribution in [2.45, 2.75) is 34.1 Å². The molecule has 0 saturated carbocycles. The lowest BCUT2D eigenvalue weighted by molar-refractivity contribution is 0.0977. The predicted molar refractivity (Wildman–Crippen MR) is 133 cm³/mol. The molecule has 4 aromatic rings. The van der Waals surface area contributed by atoms with Crippen molar-refractivity contribution in [2.24, 2.45) is 0 Å². The van der Waals surface area contributed by atoms with E-state index in [0.717, 1.165) is 45.5 Å². The number of aryl methyl sites for hydroxylation is 4. The van der Waals surface area contributed by atoms with E-state index < -0.39 is 0 Å². The maximum absolute atomic E-state index is 12.6. The van der Waals surface area contributed by atoms with Crippen LogP contribution >= 0.6 is 12.2 Å². The highest BCUT2D eigenvalue weighted by Crippen LogP contribution is 2.22. The van der Waals surface area contributed by atoms with E-state index in [1.807, 2.05) is 63.2 Å². The van der Waals surface area contributed by atoms with Crippen LogP contribution in [0.4, 0.5) is 5.69 Å². The van der Waals surface area contributed by atoms with E-state index in [1.165, 1.54) is 5.56 Å². The van der Waals surface area contributed by atoms with Crippen molar-refractivity contribution in [1.82, 2.24) is 20.3 Å². The first-order chi connectivity index (χ1) is 15.3. The summed E-state index contributed by atoms with van der Waals surface area (Å²) in [6, 6.07) is 17.7. The summed E-state index contributed by atoms with van der Waals surface area (Å²) in [5.41, 5.74) is 8.07. The van der Waals surface area contributed by atoms with E-state index in [-0.39, 0.29) is 11.0 Å². The molecular weight excluding hydrogens is 418 g/mol. The highest BCUT2D eigenvalue weighted by atomic mass is 32.1. The zero-order chi connectivity index (χ0) is 22.8. The van der Waals surface area contributed by atoms with E-state index in [0.29, 0.717) is 5.56 Å². The normalized spacial score (nSPS) is 10.9. The first-order valence-electron chi connectivity index (χ1n) is 10.5. The van der Waals surface area contributed by atoms with Crippen LogP contribution in [0.15, 0.2) is 54.6 Å². The molecule has 0 bridgehead atoms. The van der Waals surface area contributed by atoms with Crippen LogP contribution in [0, 0.1) is 20.8 Å². The third-order valence-electron chi connectivity index (χ3n) is 5.26. The van der Waals surface area contributed by atoms with Crippen molar-refractivity contribution in [2.75, 3.05) is 5.32 Å². The summed E-state index contributed by atoms with van der Waals surface area (Å²) >= 11 is 5.38. The summed E-state index contributed by atoms with van der Waals surface area (Å²) in [5, 5.41) is 15.3. The molecule has 0 aliphatic heterocycles. The number of carbonyl (C=O) groups excluding carboxylic acids is 1. The number of nitrogens with zero attached hydrogens (tertiary/aromatic N) is 3. The van der Waals surface area contributed by atoms with Crippen molar-refractivity contribution in [3.63, 3.8) is 0 Å². The summed E-state index contributed by atoms with van der Waals surface area (Å²) in [5.74, 6) is -0.241. The summed E-state index contributed by atoms with van der Waals surface area (Å²) < 4.78 is 0. The third kappa shape index (κ3) is 4.68. The third-order valence-corrected chi connectivity index (χ3v) is 5.47. The first kappa shape index (κ1) is 21.6. The second-order valence-electron chi connectivity index (χ2n) is 7.95. The molecule has 1 amide bonds. The van der Waals surface area contributed by atoms with Gasteiger partial charge in [-0.15, -0.1) is 10.2 Å². The highest BCUT2D eigenvalue weighted by Gasteiger charge is 2.12. The molecule has 0 spiro atoms. The minimum atomic E-state index is -0.241. The fourth-order valence-electron chi connectivity index (χ4n) is 3.62. The van der Waals surface area contributed by atoms with Gasteiger partial charge in [0.25, 0.3) is 5.91 Å². The summed E-state index contributed by atoms with van der Waals surface area (Å²) in [4.78, 5) is 14.2. The van der Waals surface area contributed by atoms with Crippen LogP contribution in [0.3, 0.4) is 0 Å². The highest BCUT2D eigenvalue weighted by molar-refractivity contribution is 7.80.